The lowest BCUT2D eigenvalue weighted by Gasteiger charge is -2.14. The van der Waals surface area contributed by atoms with Crippen LogP contribution >= 0.6 is 22.9 Å². The largest absolute Gasteiger partial charge is 0.454 e. The van der Waals surface area contributed by atoms with Gasteiger partial charge in [0.1, 0.15) is 6.10 Å². The number of hydrogen-bond acceptors (Lipinski definition) is 5. The Kier molecular flexibility index (Phi) is 4.52. The Balaban J connectivity index is 1.64. The minimum absolute atomic E-state index is 0.186. The Bertz CT molecular complexity index is 688. The fourth-order valence-electron chi connectivity index (χ4n) is 2.13. The molecule has 0 fully saturated rings. The average Bonchev–Trinajstić information content (AvgIpc) is 3.15. The van der Waals surface area contributed by atoms with Gasteiger partial charge >= 0.3 is 0 Å². The normalized spacial score (nSPS) is 13.9. The van der Waals surface area contributed by atoms with Crippen LogP contribution in [0.5, 0.6) is 11.5 Å². The van der Waals surface area contributed by atoms with Crippen molar-refractivity contribution < 1.29 is 19.0 Å². The van der Waals surface area contributed by atoms with E-state index >= 15 is 0 Å². The maximum absolute atomic E-state index is 12.2. The van der Waals surface area contributed by atoms with E-state index in [0.29, 0.717) is 27.9 Å². The van der Waals surface area contributed by atoms with Gasteiger partial charge in [-0.2, -0.15) is 0 Å². The van der Waals surface area contributed by atoms with Crippen LogP contribution in [0.3, 0.4) is 0 Å². The number of ether oxygens (including phenoxy) is 3. The van der Waals surface area contributed by atoms with Gasteiger partial charge in [0, 0.05) is 24.1 Å². The van der Waals surface area contributed by atoms with Crippen LogP contribution in [-0.4, -0.2) is 26.4 Å². The third kappa shape index (κ3) is 3.19. The van der Waals surface area contributed by atoms with Crippen molar-refractivity contribution in [2.75, 3.05) is 20.4 Å². The van der Waals surface area contributed by atoms with E-state index in [9.17, 15) is 4.79 Å². The Morgan fingerprint density at radius 1 is 1.36 bits per heavy atom. The highest BCUT2D eigenvalue weighted by molar-refractivity contribution is 7.16. The summed E-state index contributed by atoms with van der Waals surface area (Å²) in [4.78, 5) is 13.2. The van der Waals surface area contributed by atoms with Gasteiger partial charge in [-0.3, -0.25) is 4.79 Å². The first kappa shape index (κ1) is 15.1. The molecule has 3 rings (SSSR count). The molecular formula is C15H14ClNO4S. The lowest BCUT2D eigenvalue weighted by molar-refractivity contribution is 0.0837. The summed E-state index contributed by atoms with van der Waals surface area (Å²) < 4.78 is 16.6. The molecule has 0 spiro atoms. The van der Waals surface area contributed by atoms with Gasteiger partial charge in [0.2, 0.25) is 6.79 Å². The summed E-state index contributed by atoms with van der Waals surface area (Å²) in [5.74, 6) is 1.04. The minimum atomic E-state index is -0.226. The smallest absolute Gasteiger partial charge is 0.251 e. The number of hydrogen-bond donors (Lipinski definition) is 1. The molecule has 1 aliphatic rings. The van der Waals surface area contributed by atoms with E-state index in [1.165, 1.54) is 11.3 Å². The molecule has 0 bridgehead atoms. The molecule has 22 heavy (non-hydrogen) atoms. The predicted molar refractivity (Wildman–Crippen MR) is 84.0 cm³/mol. The van der Waals surface area contributed by atoms with Crippen LogP contribution in [0, 0.1) is 0 Å². The van der Waals surface area contributed by atoms with E-state index < -0.39 is 0 Å². The van der Waals surface area contributed by atoms with Gasteiger partial charge in [-0.25, -0.2) is 0 Å². The summed E-state index contributed by atoms with van der Waals surface area (Å²) in [6, 6.07) is 8.80. The second kappa shape index (κ2) is 6.56. The van der Waals surface area contributed by atoms with E-state index in [0.717, 1.165) is 4.88 Å². The monoisotopic (exact) mass is 339 g/mol. The van der Waals surface area contributed by atoms with E-state index in [1.54, 1.807) is 25.3 Å². The van der Waals surface area contributed by atoms with Crippen LogP contribution in [0.2, 0.25) is 4.34 Å². The number of nitrogens with one attached hydrogen (secondary N) is 1. The first-order valence-corrected chi connectivity index (χ1v) is 7.82. The molecule has 1 amide bonds. The zero-order valence-corrected chi connectivity index (χ0v) is 13.4. The Morgan fingerprint density at radius 3 is 2.91 bits per heavy atom. The molecule has 1 aromatic heterocycles. The number of thiophene rings is 1. The maximum atomic E-state index is 12.2. The van der Waals surface area contributed by atoms with Crippen molar-refractivity contribution in [3.63, 3.8) is 0 Å². The number of carbonyl (C=O) groups is 1. The summed E-state index contributed by atoms with van der Waals surface area (Å²) >= 11 is 7.36. The van der Waals surface area contributed by atoms with E-state index in [2.05, 4.69) is 5.32 Å². The van der Waals surface area contributed by atoms with Crippen molar-refractivity contribution >= 4 is 28.8 Å². The van der Waals surface area contributed by atoms with Gasteiger partial charge in [0.25, 0.3) is 5.91 Å². The zero-order chi connectivity index (χ0) is 15.5. The van der Waals surface area contributed by atoms with E-state index in [4.69, 9.17) is 25.8 Å². The third-order valence-corrected chi connectivity index (χ3v) is 4.60. The molecule has 116 valence electrons. The summed E-state index contributed by atoms with van der Waals surface area (Å²) in [5.41, 5.74) is 0.517. The summed E-state index contributed by atoms with van der Waals surface area (Å²) in [6.07, 6.45) is -0.226. The summed E-state index contributed by atoms with van der Waals surface area (Å²) in [5, 5.41) is 2.85. The number of halogens is 1. The van der Waals surface area contributed by atoms with Gasteiger partial charge in [-0.1, -0.05) is 11.6 Å². The molecule has 1 aliphatic heterocycles. The van der Waals surface area contributed by atoms with Gasteiger partial charge < -0.3 is 19.5 Å². The number of methoxy groups -OCH3 is 1. The molecule has 1 N–H and O–H groups in total. The molecule has 5 nitrogen and oxygen atoms in total. The molecule has 2 heterocycles. The zero-order valence-electron chi connectivity index (χ0n) is 11.8. The Labute approximate surface area is 136 Å². The molecule has 2 aromatic rings. The van der Waals surface area contributed by atoms with Crippen molar-refractivity contribution in [3.05, 3.63) is 45.1 Å². The van der Waals surface area contributed by atoms with Gasteiger partial charge in [0.05, 0.1) is 4.34 Å². The highest BCUT2D eigenvalue weighted by Gasteiger charge is 2.18. The molecule has 0 saturated heterocycles. The topological polar surface area (TPSA) is 56.8 Å². The molecule has 1 atom stereocenters. The number of fused-ring (bicyclic) bond motifs is 1. The second-order valence-corrected chi connectivity index (χ2v) is 6.39. The minimum Gasteiger partial charge on any atom is -0.454 e. The van der Waals surface area contributed by atoms with Crippen molar-refractivity contribution in [1.29, 1.82) is 0 Å². The number of amides is 1. The van der Waals surface area contributed by atoms with Crippen LogP contribution in [0.4, 0.5) is 0 Å². The fourth-order valence-corrected chi connectivity index (χ4v) is 3.27. The molecule has 0 radical (unpaired) electrons. The van der Waals surface area contributed by atoms with E-state index in [1.807, 2.05) is 12.1 Å². The lowest BCUT2D eigenvalue weighted by atomic mass is 10.2. The van der Waals surface area contributed by atoms with Crippen molar-refractivity contribution in [2.45, 2.75) is 6.10 Å². The Morgan fingerprint density at radius 2 is 2.18 bits per heavy atom. The number of rotatable bonds is 5. The standard InChI is InChI=1S/C15H14ClNO4S/c1-19-12(13-4-5-14(16)22-13)7-17-15(18)9-2-3-10-11(6-9)21-8-20-10/h2-6,12H,7-8H2,1H3,(H,17,18)/t12-/m1/s1. The van der Waals surface area contributed by atoms with E-state index in [-0.39, 0.29) is 18.8 Å². The maximum Gasteiger partial charge on any atom is 0.251 e. The Hall–Kier alpha value is -1.76. The summed E-state index contributed by atoms with van der Waals surface area (Å²) in [6.45, 7) is 0.548. The molecule has 0 saturated carbocycles. The first-order valence-electron chi connectivity index (χ1n) is 6.63. The molecule has 7 heteroatoms. The number of carbonyl (C=O) groups excluding carboxylic acids is 1. The van der Waals surface area contributed by atoms with Crippen LogP contribution < -0.4 is 14.8 Å². The quantitative estimate of drug-likeness (QED) is 0.908. The van der Waals surface area contributed by atoms with Crippen molar-refractivity contribution in [2.24, 2.45) is 0 Å². The second-order valence-electron chi connectivity index (χ2n) is 4.64. The summed E-state index contributed by atoms with van der Waals surface area (Å²) in [7, 11) is 1.60. The van der Waals surface area contributed by atoms with Crippen LogP contribution in [-0.2, 0) is 4.74 Å². The lowest BCUT2D eigenvalue weighted by Crippen LogP contribution is -2.28. The van der Waals surface area contributed by atoms with Crippen molar-refractivity contribution in [3.8, 4) is 11.5 Å². The van der Waals surface area contributed by atoms with Crippen LogP contribution in [0.25, 0.3) is 0 Å². The highest BCUT2D eigenvalue weighted by atomic mass is 35.5. The van der Waals surface area contributed by atoms with Crippen LogP contribution in [0.1, 0.15) is 21.3 Å². The molecular weight excluding hydrogens is 326 g/mol. The van der Waals surface area contributed by atoms with Crippen LogP contribution in [0.15, 0.2) is 30.3 Å². The third-order valence-electron chi connectivity index (χ3n) is 3.28. The highest BCUT2D eigenvalue weighted by Crippen LogP contribution is 2.32. The molecule has 0 unspecified atom stereocenters. The van der Waals surface area contributed by atoms with Gasteiger partial charge in [-0.05, 0) is 30.3 Å². The SMILES string of the molecule is CO[C@H](CNC(=O)c1ccc2c(c1)OCO2)c1ccc(Cl)s1. The average molecular weight is 340 g/mol. The fraction of sp³-hybridized carbons (Fsp3) is 0.267. The first-order chi connectivity index (χ1) is 10.7. The van der Waals surface area contributed by atoms with Gasteiger partial charge in [-0.15, -0.1) is 11.3 Å². The predicted octanol–water partition coefficient (Wildman–Crippen LogP) is 3.25. The molecule has 0 aliphatic carbocycles. The van der Waals surface area contributed by atoms with Gasteiger partial charge in [0.15, 0.2) is 11.5 Å². The van der Waals surface area contributed by atoms with Crippen molar-refractivity contribution in [1.82, 2.24) is 5.32 Å². The molecule has 1 aromatic carbocycles. The number of benzene rings is 1.